The van der Waals surface area contributed by atoms with Gasteiger partial charge in [-0.2, -0.15) is 5.26 Å². The second-order valence-electron chi connectivity index (χ2n) is 8.77. The summed E-state index contributed by atoms with van der Waals surface area (Å²) in [5.74, 6) is -0.495. The number of aromatic nitrogens is 2. The number of nitrogens with one attached hydrogen (secondary N) is 3. The molecule has 2 heterocycles. The third-order valence-corrected chi connectivity index (χ3v) is 5.96. The van der Waals surface area contributed by atoms with Gasteiger partial charge in [0.1, 0.15) is 0 Å². The van der Waals surface area contributed by atoms with Crippen LogP contribution in [0.1, 0.15) is 57.3 Å². The molecule has 0 spiro atoms. The maximum absolute atomic E-state index is 13.1. The molecule has 3 N–H and O–H groups in total. The number of carbonyl (C=O) groups excluding carboxylic acids is 2. The standard InChI is InChI=1S/C28H28N6O2/c1-4-30-16-27(35)33-24-12-26(18(3)31-15-24)34-28(36)23-11-22-10-20(5-6-25(22)32-14-23)21-8-17(2)7-19(9-21)13-29/h7-12,14-15,30H,4-6,16H2,1-3H3,(H,33,35)(H,34,36). The Morgan fingerprint density at radius 1 is 1.03 bits per heavy atom. The average molecular weight is 481 g/mol. The molecule has 1 aliphatic carbocycles. The number of benzene rings is 1. The molecule has 8 nitrogen and oxygen atoms in total. The SMILES string of the molecule is CCNCC(=O)Nc1cnc(C)c(NC(=O)c2cnc3c(c2)C=C(c2cc(C)cc(C#N)c2)CC3)c1. The Bertz CT molecular complexity index is 1400. The average Bonchev–Trinajstić information content (AvgIpc) is 2.88. The van der Waals surface area contributed by atoms with Crippen molar-refractivity contribution in [3.8, 4) is 6.07 Å². The molecule has 0 fully saturated rings. The Kier molecular flexibility index (Phi) is 7.52. The Balaban J connectivity index is 1.54. The first-order valence-electron chi connectivity index (χ1n) is 11.9. The van der Waals surface area contributed by atoms with Crippen LogP contribution in [0.4, 0.5) is 11.4 Å². The van der Waals surface area contributed by atoms with E-state index in [-0.39, 0.29) is 18.4 Å². The summed E-state index contributed by atoms with van der Waals surface area (Å²) in [7, 11) is 0. The van der Waals surface area contributed by atoms with Crippen molar-refractivity contribution >= 4 is 34.8 Å². The van der Waals surface area contributed by atoms with E-state index in [2.05, 4.69) is 38.1 Å². The number of hydrogen-bond donors (Lipinski definition) is 3. The number of pyridine rings is 2. The van der Waals surface area contributed by atoms with Crippen LogP contribution in [0, 0.1) is 25.2 Å². The largest absolute Gasteiger partial charge is 0.324 e. The van der Waals surface area contributed by atoms with Crippen molar-refractivity contribution in [2.75, 3.05) is 23.7 Å². The van der Waals surface area contributed by atoms with Gasteiger partial charge in [-0.15, -0.1) is 0 Å². The lowest BCUT2D eigenvalue weighted by atomic mass is 9.89. The van der Waals surface area contributed by atoms with Crippen molar-refractivity contribution in [2.45, 2.75) is 33.6 Å². The van der Waals surface area contributed by atoms with Gasteiger partial charge in [-0.25, -0.2) is 0 Å². The molecule has 2 amide bonds. The number of hydrogen-bond acceptors (Lipinski definition) is 6. The third-order valence-electron chi connectivity index (χ3n) is 5.96. The smallest absolute Gasteiger partial charge is 0.257 e. The highest BCUT2D eigenvalue weighted by Crippen LogP contribution is 2.31. The summed E-state index contributed by atoms with van der Waals surface area (Å²) >= 11 is 0. The molecule has 1 aromatic carbocycles. The Morgan fingerprint density at radius 3 is 2.64 bits per heavy atom. The second-order valence-corrected chi connectivity index (χ2v) is 8.77. The first-order chi connectivity index (χ1) is 17.4. The third kappa shape index (κ3) is 5.82. The first kappa shape index (κ1) is 24.8. The summed E-state index contributed by atoms with van der Waals surface area (Å²) < 4.78 is 0. The molecule has 1 aliphatic rings. The number of nitriles is 1. The number of rotatable bonds is 7. The molecule has 0 radical (unpaired) electrons. The highest BCUT2D eigenvalue weighted by atomic mass is 16.2. The molecular formula is C28H28N6O2. The van der Waals surface area contributed by atoms with Crippen molar-refractivity contribution in [1.82, 2.24) is 15.3 Å². The lowest BCUT2D eigenvalue weighted by molar-refractivity contribution is -0.115. The second kappa shape index (κ2) is 10.9. The van der Waals surface area contributed by atoms with Crippen molar-refractivity contribution in [2.24, 2.45) is 0 Å². The van der Waals surface area contributed by atoms with E-state index >= 15 is 0 Å². The van der Waals surface area contributed by atoms with Gasteiger partial charge >= 0.3 is 0 Å². The zero-order valence-corrected chi connectivity index (χ0v) is 20.6. The highest BCUT2D eigenvalue weighted by Gasteiger charge is 2.17. The molecule has 0 bridgehead atoms. The predicted molar refractivity (Wildman–Crippen MR) is 140 cm³/mol. The number of aryl methyl sites for hydroxylation is 3. The van der Waals surface area contributed by atoms with Gasteiger partial charge in [-0.3, -0.25) is 19.6 Å². The van der Waals surface area contributed by atoms with Gasteiger partial charge in [0.25, 0.3) is 5.91 Å². The highest BCUT2D eigenvalue weighted by molar-refractivity contribution is 6.05. The van der Waals surface area contributed by atoms with Gasteiger partial charge < -0.3 is 16.0 Å². The van der Waals surface area contributed by atoms with E-state index in [1.165, 1.54) is 0 Å². The Morgan fingerprint density at radius 2 is 1.86 bits per heavy atom. The van der Waals surface area contributed by atoms with Crippen LogP contribution in [0.2, 0.25) is 0 Å². The van der Waals surface area contributed by atoms with E-state index in [9.17, 15) is 14.9 Å². The molecule has 0 aliphatic heterocycles. The predicted octanol–water partition coefficient (Wildman–Crippen LogP) is 4.25. The van der Waals surface area contributed by atoms with Gasteiger partial charge in [-0.1, -0.05) is 13.0 Å². The number of amides is 2. The van der Waals surface area contributed by atoms with E-state index in [4.69, 9.17) is 0 Å². The van der Waals surface area contributed by atoms with Crippen LogP contribution in [0.15, 0.2) is 42.7 Å². The van der Waals surface area contributed by atoms with Crippen LogP contribution in [0.3, 0.4) is 0 Å². The van der Waals surface area contributed by atoms with Crippen molar-refractivity contribution in [3.05, 3.63) is 81.9 Å². The maximum Gasteiger partial charge on any atom is 0.257 e. The molecule has 0 atom stereocenters. The maximum atomic E-state index is 13.1. The fraction of sp³-hybridized carbons (Fsp3) is 0.250. The van der Waals surface area contributed by atoms with E-state index < -0.39 is 0 Å². The molecule has 36 heavy (non-hydrogen) atoms. The van der Waals surface area contributed by atoms with Crippen LogP contribution in [0.5, 0.6) is 0 Å². The zero-order valence-electron chi connectivity index (χ0n) is 20.6. The van der Waals surface area contributed by atoms with Crippen LogP contribution in [-0.4, -0.2) is 34.9 Å². The number of nitrogens with zero attached hydrogens (tertiary/aromatic N) is 3. The van der Waals surface area contributed by atoms with Gasteiger partial charge in [0.2, 0.25) is 5.91 Å². The molecule has 2 aromatic heterocycles. The summed E-state index contributed by atoms with van der Waals surface area (Å²) in [4.78, 5) is 33.9. The van der Waals surface area contributed by atoms with Crippen LogP contribution in [-0.2, 0) is 11.2 Å². The van der Waals surface area contributed by atoms with Gasteiger partial charge in [0.15, 0.2) is 0 Å². The summed E-state index contributed by atoms with van der Waals surface area (Å²) in [6.45, 7) is 6.58. The van der Waals surface area contributed by atoms with Crippen molar-refractivity contribution < 1.29 is 9.59 Å². The normalized spacial score (nSPS) is 12.2. The van der Waals surface area contributed by atoms with Gasteiger partial charge in [-0.05, 0) is 85.8 Å². The molecule has 0 saturated carbocycles. The lowest BCUT2D eigenvalue weighted by Gasteiger charge is -2.18. The number of likely N-dealkylation sites (N-methyl/N-ethyl adjacent to an activating group) is 1. The lowest BCUT2D eigenvalue weighted by Crippen LogP contribution is -2.27. The van der Waals surface area contributed by atoms with Crippen LogP contribution < -0.4 is 16.0 Å². The molecule has 182 valence electrons. The molecule has 8 heteroatoms. The summed E-state index contributed by atoms with van der Waals surface area (Å²) in [5, 5.41) is 18.0. The zero-order chi connectivity index (χ0) is 25.7. The van der Waals surface area contributed by atoms with E-state index in [0.717, 1.165) is 40.8 Å². The molecule has 0 unspecified atom stereocenters. The van der Waals surface area contributed by atoms with Crippen LogP contribution >= 0.6 is 0 Å². The fourth-order valence-electron chi connectivity index (χ4n) is 4.11. The fourth-order valence-corrected chi connectivity index (χ4v) is 4.11. The van der Waals surface area contributed by atoms with Gasteiger partial charge in [0, 0.05) is 11.9 Å². The number of allylic oxidation sites excluding steroid dienone is 1. The van der Waals surface area contributed by atoms with E-state index in [1.54, 1.807) is 25.4 Å². The Labute approximate surface area is 210 Å². The monoisotopic (exact) mass is 480 g/mol. The summed E-state index contributed by atoms with van der Waals surface area (Å²) in [6, 6.07) is 11.6. The number of fused-ring (bicyclic) bond motifs is 1. The minimum absolute atomic E-state index is 0.184. The number of carbonyl (C=O) groups is 2. The minimum atomic E-state index is -0.311. The number of anilines is 2. The molecule has 4 rings (SSSR count). The molecule has 0 saturated heterocycles. The van der Waals surface area contributed by atoms with E-state index in [0.29, 0.717) is 34.7 Å². The molecular weight excluding hydrogens is 452 g/mol. The Hall–Kier alpha value is -4.35. The van der Waals surface area contributed by atoms with Crippen molar-refractivity contribution in [1.29, 1.82) is 5.26 Å². The van der Waals surface area contributed by atoms with E-state index in [1.807, 2.05) is 38.1 Å². The van der Waals surface area contributed by atoms with Gasteiger partial charge in [0.05, 0.1) is 47.0 Å². The van der Waals surface area contributed by atoms with Crippen molar-refractivity contribution in [3.63, 3.8) is 0 Å². The quantitative estimate of drug-likeness (QED) is 0.465. The first-order valence-corrected chi connectivity index (χ1v) is 11.9. The topological polar surface area (TPSA) is 120 Å². The molecule has 3 aromatic rings. The summed E-state index contributed by atoms with van der Waals surface area (Å²) in [6.07, 6.45) is 6.77. The minimum Gasteiger partial charge on any atom is -0.324 e. The summed E-state index contributed by atoms with van der Waals surface area (Å²) in [5.41, 5.74) is 7.70. The van der Waals surface area contributed by atoms with Crippen LogP contribution in [0.25, 0.3) is 11.6 Å².